The molecular weight excluding hydrogens is 316 g/mol. The van der Waals surface area contributed by atoms with E-state index in [0.29, 0.717) is 12.5 Å². The highest BCUT2D eigenvalue weighted by Crippen LogP contribution is 2.31. The average Bonchev–Trinajstić information content (AvgIpc) is 3.00. The number of rotatable bonds is 3. The summed E-state index contributed by atoms with van der Waals surface area (Å²) in [5.41, 5.74) is 2.40. The Labute approximate surface area is 148 Å². The topological polar surface area (TPSA) is 45.9 Å². The van der Waals surface area contributed by atoms with E-state index >= 15 is 0 Å². The number of benzene rings is 1. The highest BCUT2D eigenvalue weighted by Gasteiger charge is 2.28. The van der Waals surface area contributed by atoms with Crippen LogP contribution in [0.3, 0.4) is 0 Å². The highest BCUT2D eigenvalue weighted by atomic mass is 16.6. The number of hydrogen-bond donors (Lipinski definition) is 0. The van der Waals surface area contributed by atoms with E-state index in [1.54, 1.807) is 0 Å². The molecule has 0 radical (unpaired) electrons. The summed E-state index contributed by atoms with van der Waals surface area (Å²) in [5, 5.41) is 1.28. The van der Waals surface area contributed by atoms with E-state index in [2.05, 4.69) is 23.1 Å². The van der Waals surface area contributed by atoms with E-state index in [0.717, 1.165) is 63.3 Å². The van der Waals surface area contributed by atoms with Crippen molar-refractivity contribution in [3.8, 4) is 0 Å². The van der Waals surface area contributed by atoms with Gasteiger partial charge in [-0.25, -0.2) is 4.79 Å². The van der Waals surface area contributed by atoms with Crippen molar-refractivity contribution < 1.29 is 13.9 Å². The molecule has 1 aromatic carbocycles. The van der Waals surface area contributed by atoms with Crippen LogP contribution in [0, 0.1) is 5.92 Å². The lowest BCUT2D eigenvalue weighted by Crippen LogP contribution is -2.42. The van der Waals surface area contributed by atoms with Gasteiger partial charge >= 0.3 is 6.09 Å². The van der Waals surface area contributed by atoms with E-state index in [1.807, 2.05) is 17.9 Å². The SMILES string of the molecule is CCOC(=O)N1CCC(CN2CCc3c(oc4ccccc34)C2)CC1. The van der Waals surface area contributed by atoms with Gasteiger partial charge in [-0.3, -0.25) is 4.90 Å². The fourth-order valence-electron chi connectivity index (χ4n) is 4.14. The predicted octanol–water partition coefficient (Wildman–Crippen LogP) is 3.66. The lowest BCUT2D eigenvalue weighted by molar-refractivity contribution is 0.0838. The third-order valence-electron chi connectivity index (χ3n) is 5.48. The van der Waals surface area contributed by atoms with E-state index in [-0.39, 0.29) is 6.09 Å². The number of carbonyl (C=O) groups excluding carboxylic acids is 1. The second-order valence-corrected chi connectivity index (χ2v) is 7.11. The molecular formula is C20H26N2O3. The molecule has 0 saturated carbocycles. The summed E-state index contributed by atoms with van der Waals surface area (Å²) in [4.78, 5) is 16.1. The van der Waals surface area contributed by atoms with Crippen LogP contribution in [0.5, 0.6) is 0 Å². The van der Waals surface area contributed by atoms with Gasteiger partial charge in [-0.2, -0.15) is 0 Å². The Kier molecular flexibility index (Phi) is 4.66. The molecule has 0 spiro atoms. The maximum atomic E-state index is 11.8. The van der Waals surface area contributed by atoms with Crippen LogP contribution in [0.1, 0.15) is 31.1 Å². The zero-order valence-electron chi connectivity index (χ0n) is 14.9. The number of ether oxygens (including phenoxy) is 1. The zero-order chi connectivity index (χ0) is 17.2. The normalized spacial score (nSPS) is 19.2. The van der Waals surface area contributed by atoms with Gasteiger partial charge in [-0.05, 0) is 38.2 Å². The minimum Gasteiger partial charge on any atom is -0.459 e. The largest absolute Gasteiger partial charge is 0.459 e. The van der Waals surface area contributed by atoms with Crippen LogP contribution in [-0.4, -0.2) is 48.7 Å². The number of hydrogen-bond acceptors (Lipinski definition) is 4. The van der Waals surface area contributed by atoms with Gasteiger partial charge in [-0.1, -0.05) is 18.2 Å². The lowest BCUT2D eigenvalue weighted by Gasteiger charge is -2.35. The quantitative estimate of drug-likeness (QED) is 0.854. The Morgan fingerprint density at radius 2 is 2.04 bits per heavy atom. The fourth-order valence-corrected chi connectivity index (χ4v) is 4.14. The summed E-state index contributed by atoms with van der Waals surface area (Å²) in [6, 6.07) is 8.34. The first-order chi connectivity index (χ1) is 12.2. The summed E-state index contributed by atoms with van der Waals surface area (Å²) in [7, 11) is 0. The third-order valence-corrected chi connectivity index (χ3v) is 5.48. The van der Waals surface area contributed by atoms with Crippen molar-refractivity contribution in [3.63, 3.8) is 0 Å². The van der Waals surface area contributed by atoms with Crippen LogP contribution in [-0.2, 0) is 17.7 Å². The van der Waals surface area contributed by atoms with Gasteiger partial charge in [0.15, 0.2) is 0 Å². The zero-order valence-corrected chi connectivity index (χ0v) is 14.9. The number of likely N-dealkylation sites (tertiary alicyclic amines) is 1. The van der Waals surface area contributed by atoms with Gasteiger partial charge < -0.3 is 14.1 Å². The van der Waals surface area contributed by atoms with E-state index in [9.17, 15) is 4.79 Å². The number of para-hydroxylation sites is 1. The number of fused-ring (bicyclic) bond motifs is 3. The molecule has 1 aromatic heterocycles. The Bertz CT molecular complexity index is 746. The molecule has 0 bridgehead atoms. The molecule has 1 fully saturated rings. The van der Waals surface area contributed by atoms with Crippen LogP contribution in [0.4, 0.5) is 4.79 Å². The molecule has 5 nitrogen and oxygen atoms in total. The van der Waals surface area contributed by atoms with Gasteiger partial charge in [0.1, 0.15) is 11.3 Å². The summed E-state index contributed by atoms with van der Waals surface area (Å²) in [5.74, 6) is 1.79. The minimum absolute atomic E-state index is 0.161. The summed E-state index contributed by atoms with van der Waals surface area (Å²) in [6.45, 7) is 7.02. The molecule has 2 aromatic rings. The molecule has 0 unspecified atom stereocenters. The monoisotopic (exact) mass is 342 g/mol. The summed E-state index contributed by atoms with van der Waals surface area (Å²) >= 11 is 0. The maximum absolute atomic E-state index is 11.8. The lowest BCUT2D eigenvalue weighted by atomic mass is 9.95. The number of furan rings is 1. The number of amides is 1. The molecule has 5 heteroatoms. The standard InChI is InChI=1S/C20H26N2O3/c1-2-24-20(23)22-11-7-15(8-12-22)13-21-10-9-17-16-5-3-4-6-18(16)25-19(17)14-21/h3-6,15H,2,7-14H2,1H3. The van der Waals surface area contributed by atoms with Crippen molar-refractivity contribution in [1.29, 1.82) is 0 Å². The fraction of sp³-hybridized carbons (Fsp3) is 0.550. The molecule has 4 rings (SSSR count). The van der Waals surface area contributed by atoms with E-state index in [4.69, 9.17) is 9.15 Å². The van der Waals surface area contributed by atoms with Gasteiger partial charge in [-0.15, -0.1) is 0 Å². The second-order valence-electron chi connectivity index (χ2n) is 7.11. The molecule has 1 amide bonds. The van der Waals surface area contributed by atoms with Crippen molar-refractivity contribution in [2.24, 2.45) is 5.92 Å². The van der Waals surface area contributed by atoms with Crippen LogP contribution < -0.4 is 0 Å². The van der Waals surface area contributed by atoms with Gasteiger partial charge in [0.05, 0.1) is 13.2 Å². The van der Waals surface area contributed by atoms with E-state index in [1.165, 1.54) is 10.9 Å². The molecule has 25 heavy (non-hydrogen) atoms. The molecule has 2 aliphatic heterocycles. The van der Waals surface area contributed by atoms with Gasteiger partial charge in [0, 0.05) is 37.1 Å². The molecule has 2 aliphatic rings. The Hall–Kier alpha value is -2.01. The Balaban J connectivity index is 1.34. The molecule has 134 valence electrons. The summed E-state index contributed by atoms with van der Waals surface area (Å²) in [6.07, 6.45) is 3.02. The molecule has 0 atom stereocenters. The molecule has 0 aliphatic carbocycles. The number of carbonyl (C=O) groups is 1. The van der Waals surface area contributed by atoms with E-state index < -0.39 is 0 Å². The Morgan fingerprint density at radius 3 is 2.84 bits per heavy atom. The van der Waals surface area contributed by atoms with Crippen molar-refractivity contribution in [2.45, 2.75) is 32.7 Å². The maximum Gasteiger partial charge on any atom is 0.409 e. The van der Waals surface area contributed by atoms with Crippen molar-refractivity contribution in [3.05, 3.63) is 35.6 Å². The van der Waals surface area contributed by atoms with Crippen molar-refractivity contribution in [1.82, 2.24) is 9.80 Å². The van der Waals surface area contributed by atoms with Gasteiger partial charge in [0.2, 0.25) is 0 Å². The highest BCUT2D eigenvalue weighted by molar-refractivity contribution is 5.82. The minimum atomic E-state index is -0.161. The van der Waals surface area contributed by atoms with Crippen LogP contribution in [0.2, 0.25) is 0 Å². The second kappa shape index (κ2) is 7.08. The molecule has 0 N–H and O–H groups in total. The first kappa shape index (κ1) is 16.5. The third kappa shape index (κ3) is 3.38. The molecule has 1 saturated heterocycles. The van der Waals surface area contributed by atoms with Crippen molar-refractivity contribution >= 4 is 17.1 Å². The van der Waals surface area contributed by atoms with Gasteiger partial charge in [0.25, 0.3) is 0 Å². The molecule has 3 heterocycles. The smallest absolute Gasteiger partial charge is 0.409 e. The van der Waals surface area contributed by atoms with Crippen LogP contribution in [0.15, 0.2) is 28.7 Å². The first-order valence-electron chi connectivity index (χ1n) is 9.38. The van der Waals surface area contributed by atoms with Crippen LogP contribution >= 0.6 is 0 Å². The number of piperidine rings is 1. The predicted molar refractivity (Wildman–Crippen MR) is 96.5 cm³/mol. The van der Waals surface area contributed by atoms with Crippen LogP contribution in [0.25, 0.3) is 11.0 Å². The first-order valence-corrected chi connectivity index (χ1v) is 9.38. The Morgan fingerprint density at radius 1 is 1.24 bits per heavy atom. The average molecular weight is 342 g/mol. The number of nitrogens with zero attached hydrogens (tertiary/aromatic N) is 2. The summed E-state index contributed by atoms with van der Waals surface area (Å²) < 4.78 is 11.2. The van der Waals surface area contributed by atoms with Crippen molar-refractivity contribution in [2.75, 3.05) is 32.8 Å².